The number of nitrogens with two attached hydrogens (primary N) is 1. The van der Waals surface area contributed by atoms with Crippen molar-refractivity contribution >= 4 is 23.2 Å². The molecule has 2 rings (SSSR count). The monoisotopic (exact) mass is 288 g/mol. The van der Waals surface area contributed by atoms with Crippen molar-refractivity contribution in [2.75, 3.05) is 5.32 Å². The van der Waals surface area contributed by atoms with Crippen LogP contribution in [0.25, 0.3) is 0 Å². The van der Waals surface area contributed by atoms with Crippen LogP contribution in [0, 0.1) is 13.8 Å². The summed E-state index contributed by atoms with van der Waals surface area (Å²) in [7, 11) is 0. The number of hydrogen-bond donors (Lipinski definition) is 2. The number of anilines is 1. The Balaban J connectivity index is 2.16. The predicted octanol–water partition coefficient (Wildman–Crippen LogP) is 3.67. The van der Waals surface area contributed by atoms with Gasteiger partial charge in [0.1, 0.15) is 0 Å². The van der Waals surface area contributed by atoms with E-state index in [1.54, 1.807) is 18.2 Å². The summed E-state index contributed by atoms with van der Waals surface area (Å²) in [6, 6.07) is 11.4. The van der Waals surface area contributed by atoms with Crippen LogP contribution < -0.4 is 11.1 Å². The third-order valence-corrected chi connectivity index (χ3v) is 3.66. The summed E-state index contributed by atoms with van der Waals surface area (Å²) in [4.78, 5) is 11.1. The number of primary amides is 1. The van der Waals surface area contributed by atoms with E-state index < -0.39 is 5.91 Å². The Labute approximate surface area is 123 Å². The number of carbonyl (C=O) groups is 1. The molecule has 0 unspecified atom stereocenters. The molecule has 0 aliphatic heterocycles. The molecule has 2 aromatic carbocycles. The van der Waals surface area contributed by atoms with Crippen LogP contribution in [0.1, 0.15) is 27.0 Å². The molecule has 0 aliphatic carbocycles. The molecule has 2 aromatic rings. The first-order valence-electron chi connectivity index (χ1n) is 6.37. The van der Waals surface area contributed by atoms with Crippen molar-refractivity contribution < 1.29 is 4.79 Å². The molecule has 0 aliphatic rings. The molecule has 104 valence electrons. The molecule has 0 heterocycles. The van der Waals surface area contributed by atoms with Gasteiger partial charge in [-0.05, 0) is 48.7 Å². The van der Waals surface area contributed by atoms with Crippen molar-refractivity contribution in [2.45, 2.75) is 20.4 Å². The van der Waals surface area contributed by atoms with Crippen LogP contribution in [-0.4, -0.2) is 5.91 Å². The highest BCUT2D eigenvalue weighted by Gasteiger charge is 2.07. The minimum atomic E-state index is -0.517. The highest BCUT2D eigenvalue weighted by molar-refractivity contribution is 6.34. The normalized spacial score (nSPS) is 10.3. The number of hydrogen-bond acceptors (Lipinski definition) is 2. The van der Waals surface area contributed by atoms with Crippen LogP contribution in [0.5, 0.6) is 0 Å². The van der Waals surface area contributed by atoms with Gasteiger partial charge in [-0.3, -0.25) is 4.79 Å². The average Bonchev–Trinajstić information content (AvgIpc) is 2.37. The molecule has 20 heavy (non-hydrogen) atoms. The lowest BCUT2D eigenvalue weighted by atomic mass is 10.0. The van der Waals surface area contributed by atoms with Crippen molar-refractivity contribution in [2.24, 2.45) is 5.73 Å². The highest BCUT2D eigenvalue weighted by Crippen LogP contribution is 2.22. The fourth-order valence-corrected chi connectivity index (χ4v) is 2.42. The number of carbonyl (C=O) groups excluding carboxylic acids is 1. The summed E-state index contributed by atoms with van der Waals surface area (Å²) in [6.45, 7) is 4.89. The first-order valence-corrected chi connectivity index (χ1v) is 6.75. The van der Waals surface area contributed by atoms with Crippen molar-refractivity contribution in [1.29, 1.82) is 0 Å². The zero-order valence-corrected chi connectivity index (χ0v) is 12.3. The van der Waals surface area contributed by atoms with E-state index in [0.717, 1.165) is 5.69 Å². The van der Waals surface area contributed by atoms with E-state index in [0.29, 0.717) is 17.1 Å². The Morgan fingerprint density at radius 2 is 1.85 bits per heavy atom. The van der Waals surface area contributed by atoms with E-state index in [1.807, 2.05) is 6.07 Å². The molecule has 3 nitrogen and oxygen atoms in total. The largest absolute Gasteiger partial charge is 0.381 e. The molecule has 3 N–H and O–H groups in total. The summed E-state index contributed by atoms with van der Waals surface area (Å²) in [5.41, 5.74) is 10.2. The van der Waals surface area contributed by atoms with Gasteiger partial charge >= 0.3 is 0 Å². The first kappa shape index (κ1) is 14.4. The van der Waals surface area contributed by atoms with E-state index in [-0.39, 0.29) is 0 Å². The van der Waals surface area contributed by atoms with Crippen molar-refractivity contribution in [3.8, 4) is 0 Å². The molecule has 0 bridgehead atoms. The Bertz CT molecular complexity index is 633. The standard InChI is InChI=1S/C16H17ClN2O/c1-10-4-3-5-11(2)14(10)9-19-12-6-7-13(16(18)20)15(17)8-12/h3-8,19H,9H2,1-2H3,(H2,18,20). The third-order valence-electron chi connectivity index (χ3n) is 3.35. The molecule has 1 amide bonds. The summed E-state index contributed by atoms with van der Waals surface area (Å²) in [5.74, 6) is -0.517. The van der Waals surface area contributed by atoms with Gasteiger partial charge in [0.15, 0.2) is 0 Å². The Kier molecular flexibility index (Phi) is 4.30. The summed E-state index contributed by atoms with van der Waals surface area (Å²) in [6.07, 6.45) is 0. The Hall–Kier alpha value is -2.00. The SMILES string of the molecule is Cc1cccc(C)c1CNc1ccc(C(N)=O)c(Cl)c1. The zero-order valence-electron chi connectivity index (χ0n) is 11.5. The number of nitrogens with one attached hydrogen (secondary N) is 1. The Morgan fingerprint density at radius 3 is 2.40 bits per heavy atom. The average molecular weight is 289 g/mol. The Morgan fingerprint density at radius 1 is 1.20 bits per heavy atom. The second-order valence-corrected chi connectivity index (χ2v) is 5.19. The van der Waals surface area contributed by atoms with Crippen LogP contribution in [0.15, 0.2) is 36.4 Å². The van der Waals surface area contributed by atoms with Crippen molar-refractivity contribution in [1.82, 2.24) is 0 Å². The zero-order chi connectivity index (χ0) is 14.7. The van der Waals surface area contributed by atoms with E-state index in [2.05, 4.69) is 31.3 Å². The van der Waals surface area contributed by atoms with E-state index in [4.69, 9.17) is 17.3 Å². The second-order valence-electron chi connectivity index (χ2n) is 4.78. The maximum absolute atomic E-state index is 11.1. The van der Waals surface area contributed by atoms with Crippen LogP contribution in [0.3, 0.4) is 0 Å². The van der Waals surface area contributed by atoms with Crippen molar-refractivity contribution in [3.05, 3.63) is 63.7 Å². The van der Waals surface area contributed by atoms with E-state index in [1.165, 1.54) is 16.7 Å². The second kappa shape index (κ2) is 5.97. The molecular weight excluding hydrogens is 272 g/mol. The highest BCUT2D eigenvalue weighted by atomic mass is 35.5. The molecule has 0 aromatic heterocycles. The molecular formula is C16H17ClN2O. The van der Waals surface area contributed by atoms with Gasteiger partial charge in [0.2, 0.25) is 5.91 Å². The maximum atomic E-state index is 11.1. The number of benzene rings is 2. The molecule has 0 radical (unpaired) electrons. The third kappa shape index (κ3) is 3.11. The van der Waals surface area contributed by atoms with E-state index >= 15 is 0 Å². The van der Waals surface area contributed by atoms with Crippen molar-refractivity contribution in [3.63, 3.8) is 0 Å². The van der Waals surface area contributed by atoms with E-state index in [9.17, 15) is 4.79 Å². The minimum Gasteiger partial charge on any atom is -0.381 e. The van der Waals surface area contributed by atoms with Crippen LogP contribution in [0.2, 0.25) is 5.02 Å². The lowest BCUT2D eigenvalue weighted by molar-refractivity contribution is 0.100. The summed E-state index contributed by atoms with van der Waals surface area (Å²) >= 11 is 6.03. The van der Waals surface area contributed by atoms with Gasteiger partial charge in [0.05, 0.1) is 10.6 Å². The quantitative estimate of drug-likeness (QED) is 0.902. The van der Waals surface area contributed by atoms with Gasteiger partial charge in [0, 0.05) is 12.2 Å². The van der Waals surface area contributed by atoms with Crippen LogP contribution in [0.4, 0.5) is 5.69 Å². The molecule has 0 saturated heterocycles. The van der Waals surface area contributed by atoms with Gasteiger partial charge in [-0.15, -0.1) is 0 Å². The predicted molar refractivity (Wildman–Crippen MR) is 83.2 cm³/mol. The lowest BCUT2D eigenvalue weighted by Gasteiger charge is -2.12. The van der Waals surface area contributed by atoms with Crippen LogP contribution >= 0.6 is 11.6 Å². The molecule has 0 saturated carbocycles. The minimum absolute atomic E-state index is 0.337. The van der Waals surface area contributed by atoms with Gasteiger partial charge in [-0.1, -0.05) is 29.8 Å². The smallest absolute Gasteiger partial charge is 0.250 e. The number of amides is 1. The number of aryl methyl sites for hydroxylation is 2. The number of halogens is 1. The summed E-state index contributed by atoms with van der Waals surface area (Å²) < 4.78 is 0. The molecule has 0 atom stereocenters. The van der Waals surface area contributed by atoms with Gasteiger partial charge in [-0.2, -0.15) is 0 Å². The molecule has 0 spiro atoms. The lowest BCUT2D eigenvalue weighted by Crippen LogP contribution is -2.11. The topological polar surface area (TPSA) is 55.1 Å². The molecule has 4 heteroatoms. The van der Waals surface area contributed by atoms with Gasteiger partial charge < -0.3 is 11.1 Å². The fourth-order valence-electron chi connectivity index (χ4n) is 2.14. The fraction of sp³-hybridized carbons (Fsp3) is 0.188. The summed E-state index contributed by atoms with van der Waals surface area (Å²) in [5, 5.41) is 3.68. The van der Waals surface area contributed by atoms with Gasteiger partial charge in [0.25, 0.3) is 0 Å². The van der Waals surface area contributed by atoms with Crippen LogP contribution in [-0.2, 0) is 6.54 Å². The maximum Gasteiger partial charge on any atom is 0.250 e. The van der Waals surface area contributed by atoms with Gasteiger partial charge in [-0.25, -0.2) is 0 Å². The first-order chi connectivity index (χ1) is 9.49. The molecule has 0 fully saturated rings. The number of rotatable bonds is 4.